The summed E-state index contributed by atoms with van der Waals surface area (Å²) in [6, 6.07) is 1.27. The van der Waals surface area contributed by atoms with Crippen LogP contribution in [-0.2, 0) is 10.0 Å². The molecule has 0 saturated carbocycles. The maximum absolute atomic E-state index is 12.6. The van der Waals surface area contributed by atoms with Crippen LogP contribution in [0.3, 0.4) is 0 Å². The van der Waals surface area contributed by atoms with Gasteiger partial charge in [-0.2, -0.15) is 26.3 Å². The van der Waals surface area contributed by atoms with Crippen molar-refractivity contribution >= 4 is 15.7 Å². The molecule has 0 saturated heterocycles. The minimum absolute atomic E-state index is 0.294. The van der Waals surface area contributed by atoms with Crippen molar-refractivity contribution in [1.29, 1.82) is 0 Å². The molecule has 11 heteroatoms. The lowest BCUT2D eigenvalue weighted by Gasteiger charge is -2.23. The highest BCUT2D eigenvalue weighted by atomic mass is 32.2. The van der Waals surface area contributed by atoms with Crippen LogP contribution in [0.15, 0.2) is 18.2 Å². The highest BCUT2D eigenvalue weighted by molar-refractivity contribution is 7.92. The van der Waals surface area contributed by atoms with E-state index in [1.807, 2.05) is 0 Å². The van der Waals surface area contributed by atoms with Gasteiger partial charge in [0, 0.05) is 0 Å². The zero-order valence-corrected chi connectivity index (χ0v) is 11.1. The van der Waals surface area contributed by atoms with Gasteiger partial charge in [0.1, 0.15) is 5.75 Å². The van der Waals surface area contributed by atoms with E-state index in [9.17, 15) is 39.9 Å². The van der Waals surface area contributed by atoms with Gasteiger partial charge in [0.15, 0.2) is 5.92 Å². The Kier molecular flexibility index (Phi) is 4.37. The van der Waals surface area contributed by atoms with Crippen molar-refractivity contribution in [3.8, 4) is 5.75 Å². The summed E-state index contributed by atoms with van der Waals surface area (Å²) in [5.74, 6) is -4.59. The summed E-state index contributed by atoms with van der Waals surface area (Å²) in [6.07, 6.45) is -10.6. The van der Waals surface area contributed by atoms with E-state index < -0.39 is 45.3 Å². The number of aromatic hydroxyl groups is 1. The van der Waals surface area contributed by atoms with Gasteiger partial charge < -0.3 is 5.11 Å². The second-order valence-electron chi connectivity index (χ2n) is 4.17. The summed E-state index contributed by atoms with van der Waals surface area (Å²) >= 11 is 0. The average Bonchev–Trinajstić information content (AvgIpc) is 2.16. The Labute approximate surface area is 115 Å². The number of benzene rings is 1. The summed E-state index contributed by atoms with van der Waals surface area (Å²) in [5.41, 5.74) is -2.01. The van der Waals surface area contributed by atoms with Gasteiger partial charge in [0.05, 0.1) is 11.9 Å². The van der Waals surface area contributed by atoms with Gasteiger partial charge in [-0.05, 0) is 17.7 Å². The molecule has 0 heterocycles. The molecule has 0 bridgehead atoms. The standard InChI is InChI=1S/C10H9F6NO3S/c1-21(19,20)17-6-4-5(2-3-7(6)18)8(9(11,12)13)10(14,15)16/h2-4,8,17-18H,1H3. The summed E-state index contributed by atoms with van der Waals surface area (Å²) < 4.78 is 98.9. The van der Waals surface area contributed by atoms with Gasteiger partial charge in [0.25, 0.3) is 0 Å². The summed E-state index contributed by atoms with van der Waals surface area (Å²) in [4.78, 5) is 0. The van der Waals surface area contributed by atoms with E-state index in [0.29, 0.717) is 24.5 Å². The molecule has 0 aliphatic heterocycles. The molecule has 21 heavy (non-hydrogen) atoms. The van der Waals surface area contributed by atoms with Crippen LogP contribution >= 0.6 is 0 Å². The number of nitrogens with one attached hydrogen (secondary N) is 1. The second kappa shape index (κ2) is 5.28. The molecule has 0 atom stereocenters. The van der Waals surface area contributed by atoms with Gasteiger partial charge in [-0.3, -0.25) is 4.72 Å². The Balaban J connectivity index is 3.39. The third-order valence-electron chi connectivity index (χ3n) is 2.30. The Morgan fingerprint density at radius 1 is 1.10 bits per heavy atom. The molecule has 0 amide bonds. The number of phenols is 1. The average molecular weight is 337 g/mol. The van der Waals surface area contributed by atoms with Gasteiger partial charge in [-0.15, -0.1) is 0 Å². The smallest absolute Gasteiger partial charge is 0.404 e. The van der Waals surface area contributed by atoms with E-state index in [1.165, 1.54) is 0 Å². The first kappa shape index (κ1) is 17.4. The lowest BCUT2D eigenvalue weighted by molar-refractivity contribution is -0.253. The van der Waals surface area contributed by atoms with Crippen molar-refractivity contribution in [2.75, 3.05) is 11.0 Å². The third-order valence-corrected chi connectivity index (χ3v) is 2.89. The highest BCUT2D eigenvalue weighted by Gasteiger charge is 2.57. The van der Waals surface area contributed by atoms with Gasteiger partial charge in [0.2, 0.25) is 10.0 Å². The van der Waals surface area contributed by atoms with Gasteiger partial charge in [-0.1, -0.05) is 6.07 Å². The number of hydrogen-bond acceptors (Lipinski definition) is 3. The zero-order chi connectivity index (χ0) is 16.6. The monoisotopic (exact) mass is 337 g/mol. The molecular weight excluding hydrogens is 328 g/mol. The molecule has 0 fully saturated rings. The van der Waals surface area contributed by atoms with Crippen LogP contribution in [0.1, 0.15) is 11.5 Å². The first-order valence-corrected chi connectivity index (χ1v) is 7.05. The van der Waals surface area contributed by atoms with Crippen molar-refractivity contribution in [3.05, 3.63) is 23.8 Å². The van der Waals surface area contributed by atoms with Crippen LogP contribution < -0.4 is 4.72 Å². The predicted molar refractivity (Wildman–Crippen MR) is 61.4 cm³/mol. The van der Waals surface area contributed by atoms with Crippen molar-refractivity contribution in [1.82, 2.24) is 0 Å². The molecule has 2 N–H and O–H groups in total. The molecule has 0 aliphatic rings. The molecule has 0 unspecified atom stereocenters. The highest BCUT2D eigenvalue weighted by Crippen LogP contribution is 2.47. The summed E-state index contributed by atoms with van der Waals surface area (Å²) in [7, 11) is -3.99. The number of anilines is 1. The fourth-order valence-corrected chi connectivity index (χ4v) is 2.14. The Hall–Kier alpha value is -1.65. The van der Waals surface area contributed by atoms with Crippen LogP contribution in [0, 0.1) is 0 Å². The molecular formula is C10H9F6NO3S. The molecule has 0 radical (unpaired) electrons. The van der Waals surface area contributed by atoms with E-state index >= 15 is 0 Å². The van der Waals surface area contributed by atoms with E-state index in [-0.39, 0.29) is 0 Å². The Bertz CT molecular complexity index is 609. The summed E-state index contributed by atoms with van der Waals surface area (Å²) in [6.45, 7) is 0. The van der Waals surface area contributed by atoms with Crippen LogP contribution in [0.2, 0.25) is 0 Å². The molecule has 0 spiro atoms. The first-order chi connectivity index (χ1) is 9.22. The molecule has 1 aromatic carbocycles. The van der Waals surface area contributed by atoms with E-state index in [2.05, 4.69) is 0 Å². The summed E-state index contributed by atoms with van der Waals surface area (Å²) in [5, 5.41) is 9.30. The van der Waals surface area contributed by atoms with Crippen LogP contribution in [0.4, 0.5) is 32.0 Å². The van der Waals surface area contributed by atoms with Crippen molar-refractivity contribution in [3.63, 3.8) is 0 Å². The third kappa shape index (κ3) is 4.69. The van der Waals surface area contributed by atoms with Crippen LogP contribution in [0.25, 0.3) is 0 Å². The quantitative estimate of drug-likeness (QED) is 0.658. The van der Waals surface area contributed by atoms with Crippen LogP contribution in [-0.4, -0.2) is 32.1 Å². The second-order valence-corrected chi connectivity index (χ2v) is 5.92. The lowest BCUT2D eigenvalue weighted by atomic mass is 9.97. The molecule has 1 rings (SSSR count). The molecule has 1 aromatic rings. The van der Waals surface area contributed by atoms with Crippen molar-refractivity contribution in [2.45, 2.75) is 18.3 Å². The topological polar surface area (TPSA) is 66.4 Å². The van der Waals surface area contributed by atoms with Gasteiger partial charge >= 0.3 is 12.4 Å². The number of alkyl halides is 6. The predicted octanol–water partition coefficient (Wildman–Crippen LogP) is 2.97. The first-order valence-electron chi connectivity index (χ1n) is 5.16. The Morgan fingerprint density at radius 3 is 1.95 bits per heavy atom. The zero-order valence-electron chi connectivity index (χ0n) is 10.2. The number of hydrogen-bond donors (Lipinski definition) is 2. The normalized spacial score (nSPS) is 13.5. The Morgan fingerprint density at radius 2 is 1.57 bits per heavy atom. The minimum Gasteiger partial charge on any atom is -0.506 e. The van der Waals surface area contributed by atoms with Crippen LogP contribution in [0.5, 0.6) is 5.75 Å². The van der Waals surface area contributed by atoms with E-state index in [1.54, 1.807) is 4.72 Å². The lowest BCUT2D eigenvalue weighted by Crippen LogP contribution is -2.34. The van der Waals surface area contributed by atoms with Crippen molar-refractivity contribution < 1.29 is 39.9 Å². The van der Waals surface area contributed by atoms with E-state index in [0.717, 1.165) is 0 Å². The van der Waals surface area contributed by atoms with E-state index in [4.69, 9.17) is 0 Å². The fourth-order valence-electron chi connectivity index (χ4n) is 1.58. The number of phenolic OH excluding ortho intramolecular Hbond substituents is 1. The number of sulfonamides is 1. The molecule has 4 nitrogen and oxygen atoms in total. The minimum atomic E-state index is -5.61. The maximum atomic E-state index is 12.6. The SMILES string of the molecule is CS(=O)(=O)Nc1cc(C(C(F)(F)F)C(F)(F)F)ccc1O. The number of halogens is 6. The molecule has 0 aliphatic carbocycles. The fraction of sp³-hybridized carbons (Fsp3) is 0.400. The van der Waals surface area contributed by atoms with Gasteiger partial charge in [-0.25, -0.2) is 8.42 Å². The molecule has 0 aromatic heterocycles. The maximum Gasteiger partial charge on any atom is 0.404 e. The number of rotatable bonds is 3. The van der Waals surface area contributed by atoms with Crippen molar-refractivity contribution in [2.24, 2.45) is 0 Å². The molecule has 120 valence electrons. The largest absolute Gasteiger partial charge is 0.506 e.